The van der Waals surface area contributed by atoms with E-state index in [1.54, 1.807) is 0 Å². The van der Waals surface area contributed by atoms with Crippen LogP contribution in [-0.2, 0) is 10.8 Å². The predicted octanol–water partition coefficient (Wildman–Crippen LogP) is 19.5. The molecule has 4 nitrogen and oxygen atoms in total. The van der Waals surface area contributed by atoms with E-state index in [9.17, 15) is 0 Å². The van der Waals surface area contributed by atoms with Gasteiger partial charge in [0.2, 0.25) is 13.4 Å². The number of fused-ring (bicyclic) bond motifs is 14. The first-order valence-electron chi connectivity index (χ1n) is 34.4. The molecule has 0 N–H and O–H groups in total. The van der Waals surface area contributed by atoms with Gasteiger partial charge in [-0.25, -0.2) is 0 Å². The molecular weight excluding hydrogens is 1250 g/mol. The van der Waals surface area contributed by atoms with Gasteiger partial charge in [0.1, 0.15) is 23.0 Å². The van der Waals surface area contributed by atoms with E-state index in [0.717, 1.165) is 57.1 Å². The molecule has 0 bridgehead atoms. The van der Waals surface area contributed by atoms with Crippen molar-refractivity contribution in [2.24, 2.45) is 0 Å². The molecule has 6 aliphatic rings. The predicted molar refractivity (Wildman–Crippen MR) is 414 cm³/mol. The number of benzene rings is 15. The van der Waals surface area contributed by atoms with Gasteiger partial charge in [-0.05, 0) is 167 Å². The van der Waals surface area contributed by atoms with Gasteiger partial charge >= 0.3 is 0 Å². The first-order chi connectivity index (χ1) is 49.6. The molecule has 100 heavy (non-hydrogen) atoms. The fourth-order valence-corrected chi connectivity index (χ4v) is 20.3. The number of rotatable bonds is 10. The number of hydrogen-bond acceptors (Lipinski definition) is 6. The minimum atomic E-state index is -0.581. The van der Waals surface area contributed by atoms with Crippen molar-refractivity contribution in [2.75, 3.05) is 9.80 Å². The first kappa shape index (κ1) is 57.4. The topological polar surface area (TPSA) is 24.9 Å². The monoisotopic (exact) mass is 1310 g/mol. The molecule has 0 radical (unpaired) electrons. The Hall–Kier alpha value is -11.7. The molecule has 0 saturated carbocycles. The molecule has 15 aromatic rings. The number of para-hydroxylation sites is 2. The maximum Gasteiger partial charge on any atom is 0.249 e. The number of hydrogen-bond donors (Lipinski definition) is 0. The summed E-state index contributed by atoms with van der Waals surface area (Å²) < 4.78 is 14.1. The minimum Gasteiger partial charge on any atom is -0.457 e. The number of anilines is 6. The molecule has 0 saturated heterocycles. The molecule has 21 rings (SSSR count). The molecule has 2 aliphatic carbocycles. The van der Waals surface area contributed by atoms with Crippen LogP contribution in [0.2, 0.25) is 0 Å². The van der Waals surface area contributed by atoms with Crippen molar-refractivity contribution in [1.29, 1.82) is 0 Å². The van der Waals surface area contributed by atoms with Crippen molar-refractivity contribution in [1.82, 2.24) is 0 Å². The van der Waals surface area contributed by atoms with Crippen LogP contribution in [0.4, 0.5) is 34.1 Å². The Kier molecular flexibility index (Phi) is 12.9. The maximum absolute atomic E-state index is 7.06. The smallest absolute Gasteiger partial charge is 0.249 e. The molecule has 8 heteroatoms. The summed E-state index contributed by atoms with van der Waals surface area (Å²) in [4.78, 5) is 10.0. The lowest BCUT2D eigenvalue weighted by Gasteiger charge is -2.44. The van der Waals surface area contributed by atoms with Gasteiger partial charge in [0.15, 0.2) is 0 Å². The van der Waals surface area contributed by atoms with Crippen LogP contribution in [0.5, 0.6) is 23.0 Å². The van der Waals surface area contributed by atoms with Crippen molar-refractivity contribution in [2.45, 2.75) is 30.4 Å². The summed E-state index contributed by atoms with van der Waals surface area (Å²) in [5.41, 5.74) is 27.8. The summed E-state index contributed by atoms with van der Waals surface area (Å²) in [6.45, 7) is -0.262. The molecule has 4 heterocycles. The van der Waals surface area contributed by atoms with Crippen molar-refractivity contribution >= 4 is 104 Å². The lowest BCUT2D eigenvalue weighted by Crippen LogP contribution is -2.64. The highest BCUT2D eigenvalue weighted by Gasteiger charge is 2.51. The number of ether oxygens (including phenoxy) is 2. The van der Waals surface area contributed by atoms with Crippen LogP contribution >= 0.6 is 23.5 Å². The Morgan fingerprint density at radius 3 is 0.980 bits per heavy atom. The second-order valence-corrected chi connectivity index (χ2v) is 29.0. The summed E-state index contributed by atoms with van der Waals surface area (Å²) in [5.74, 6) is 3.13. The van der Waals surface area contributed by atoms with Gasteiger partial charge in [-0.15, -0.1) is 0 Å². The average Bonchev–Trinajstić information content (AvgIpc) is 1.09. The summed E-state index contributed by atoms with van der Waals surface area (Å²) in [7, 11) is 0. The summed E-state index contributed by atoms with van der Waals surface area (Å²) in [6, 6.07) is 131. The van der Waals surface area contributed by atoms with Crippen LogP contribution in [0.3, 0.4) is 0 Å². The lowest BCUT2D eigenvalue weighted by molar-refractivity contribution is 0.481. The zero-order valence-electron chi connectivity index (χ0n) is 54.2. The van der Waals surface area contributed by atoms with E-state index in [0.29, 0.717) is 0 Å². The minimum absolute atomic E-state index is 0.131. The van der Waals surface area contributed by atoms with E-state index in [1.165, 1.54) is 119 Å². The second kappa shape index (κ2) is 22.4. The van der Waals surface area contributed by atoms with Crippen LogP contribution < -0.4 is 52.1 Å². The molecule has 0 atom stereocenters. The highest BCUT2D eigenvalue weighted by Crippen LogP contribution is 2.60. The molecule has 4 aliphatic heterocycles. The largest absolute Gasteiger partial charge is 0.457 e. The first-order valence-corrected chi connectivity index (χ1v) is 36.1. The maximum atomic E-state index is 7.06. The third-order valence-electron chi connectivity index (χ3n) is 21.8. The van der Waals surface area contributed by atoms with Gasteiger partial charge in [0.25, 0.3) is 0 Å². The molecule has 15 aromatic carbocycles. The van der Waals surface area contributed by atoms with Gasteiger partial charge in [-0.1, -0.05) is 295 Å². The standard InChI is InChI=1S/C92H58B2N2O2S2/c1-7-27-59(28-8-1)91(60-29-9-2-10-30-60)73-41-21-19-39-69(73)71-51-63(47-49-75(71)91)95-81-58-82-80(57-79(81)93-77-43-23-25-45-85(77)99-87-55-67(53-83(95)89(87)93)97-65-35-15-5-16-36-65)94-78-44-24-26-46-86(78)100-88-56-68(98-66-37-17-6-18-38-66)54-84(90(88)94)96(82)64-48-50-76-72(52-64)70-40-20-22-42-74(70)92(76,61-31-11-3-12-32-61)62-33-13-4-14-34-62/h1-58H. The number of nitrogens with zero attached hydrogens (tertiary/aromatic N) is 2. The zero-order valence-corrected chi connectivity index (χ0v) is 55.8. The van der Waals surface area contributed by atoms with Crippen LogP contribution in [0.15, 0.2) is 371 Å². The fraction of sp³-hybridized carbons (Fsp3) is 0.0217. The quantitative estimate of drug-likeness (QED) is 0.127. The van der Waals surface area contributed by atoms with Gasteiger partial charge < -0.3 is 19.3 Å². The Morgan fingerprint density at radius 2 is 0.580 bits per heavy atom. The lowest BCUT2D eigenvalue weighted by atomic mass is 9.31. The molecular formula is C92H58B2N2O2S2. The van der Waals surface area contributed by atoms with Gasteiger partial charge in [0.05, 0.1) is 10.8 Å². The van der Waals surface area contributed by atoms with E-state index in [4.69, 9.17) is 9.47 Å². The van der Waals surface area contributed by atoms with E-state index < -0.39 is 10.8 Å². The van der Waals surface area contributed by atoms with Crippen molar-refractivity contribution in [3.05, 3.63) is 396 Å². The Balaban J connectivity index is 0.864. The molecule has 0 spiro atoms. The fourth-order valence-electron chi connectivity index (χ4n) is 17.9. The van der Waals surface area contributed by atoms with Crippen LogP contribution in [0, 0.1) is 0 Å². The van der Waals surface area contributed by atoms with Crippen LogP contribution in [-0.4, -0.2) is 13.4 Å². The van der Waals surface area contributed by atoms with Crippen molar-refractivity contribution in [3.63, 3.8) is 0 Å². The SMILES string of the molecule is c1ccc(Oc2cc3c4c(c2)N(c2ccc5c(c2)-c2ccccc2C5(c2ccccc2)c2ccccc2)c2cc5c(cc2B4c2ccccc2S3)B2c3ccccc3Sc3cc(Oc4ccccc4)cc(c32)N5c2ccc3c(c2)-c2ccccc2C3(c2ccccc2)c2ccccc2)cc1. The van der Waals surface area contributed by atoms with Crippen LogP contribution in [0.1, 0.15) is 44.5 Å². The zero-order chi connectivity index (χ0) is 65.6. The molecule has 0 amide bonds. The summed E-state index contributed by atoms with van der Waals surface area (Å²) >= 11 is 3.70. The van der Waals surface area contributed by atoms with Crippen molar-refractivity contribution < 1.29 is 9.47 Å². The van der Waals surface area contributed by atoms with Crippen LogP contribution in [0.25, 0.3) is 22.3 Å². The molecule has 466 valence electrons. The highest BCUT2D eigenvalue weighted by atomic mass is 32.2. The van der Waals surface area contributed by atoms with Gasteiger partial charge in [-0.2, -0.15) is 0 Å². The van der Waals surface area contributed by atoms with E-state index in [-0.39, 0.29) is 13.4 Å². The third-order valence-corrected chi connectivity index (χ3v) is 24.1. The molecule has 0 aromatic heterocycles. The van der Waals surface area contributed by atoms with Crippen molar-refractivity contribution in [3.8, 4) is 45.3 Å². The molecule has 0 fully saturated rings. The second-order valence-electron chi connectivity index (χ2n) is 26.8. The van der Waals surface area contributed by atoms with E-state index in [1.807, 2.05) is 59.9 Å². The average molecular weight is 1310 g/mol. The van der Waals surface area contributed by atoms with E-state index >= 15 is 0 Å². The normalized spacial score (nSPS) is 14.4. The summed E-state index contributed by atoms with van der Waals surface area (Å²) in [5, 5.41) is 0. The van der Waals surface area contributed by atoms with Gasteiger partial charge in [0, 0.05) is 65.8 Å². The third kappa shape index (κ3) is 8.35. The Morgan fingerprint density at radius 1 is 0.240 bits per heavy atom. The molecule has 0 unspecified atom stereocenters. The Labute approximate surface area is 591 Å². The summed E-state index contributed by atoms with van der Waals surface area (Å²) in [6.07, 6.45) is 0. The van der Waals surface area contributed by atoms with Gasteiger partial charge in [-0.3, -0.25) is 0 Å². The van der Waals surface area contributed by atoms with E-state index in [2.05, 4.69) is 325 Å². The Bertz CT molecular complexity index is 5410. The highest BCUT2D eigenvalue weighted by molar-refractivity contribution is 8.00.